The molecule has 1 aromatic rings. The van der Waals surface area contributed by atoms with Crippen LogP contribution in [0.5, 0.6) is 0 Å². The smallest absolute Gasteiger partial charge is 0.337 e. The van der Waals surface area contributed by atoms with E-state index in [0.29, 0.717) is 17.7 Å². The first-order valence-electron chi connectivity index (χ1n) is 6.26. The van der Waals surface area contributed by atoms with E-state index < -0.39 is 5.97 Å². The number of amides is 1. The predicted octanol–water partition coefficient (Wildman–Crippen LogP) is 1.93. The summed E-state index contributed by atoms with van der Waals surface area (Å²) in [7, 11) is 1.32. The zero-order valence-corrected chi connectivity index (χ0v) is 11.3. The number of hydrogen-bond acceptors (Lipinski definition) is 4. The number of benzene rings is 1. The van der Waals surface area contributed by atoms with Crippen molar-refractivity contribution in [2.75, 3.05) is 12.4 Å². The zero-order valence-electron chi connectivity index (χ0n) is 11.3. The van der Waals surface area contributed by atoms with Gasteiger partial charge in [-0.15, -0.1) is 0 Å². The normalized spacial score (nSPS) is 11.7. The van der Waals surface area contributed by atoms with Gasteiger partial charge in [-0.1, -0.05) is 6.07 Å². The molecule has 1 rings (SSSR count). The average Bonchev–Trinajstić information content (AvgIpc) is 2.37. The van der Waals surface area contributed by atoms with E-state index in [1.165, 1.54) is 7.11 Å². The summed E-state index contributed by atoms with van der Waals surface area (Å²) in [6.07, 6.45) is 1.99. The lowest BCUT2D eigenvalue weighted by atomic mass is 10.1. The Bertz CT molecular complexity index is 444. The van der Waals surface area contributed by atoms with Gasteiger partial charge in [-0.25, -0.2) is 4.79 Å². The number of carbonyl (C=O) groups excluding carboxylic acids is 2. The fourth-order valence-electron chi connectivity index (χ4n) is 1.65. The molecule has 0 aliphatic carbocycles. The highest BCUT2D eigenvalue weighted by atomic mass is 16.5. The van der Waals surface area contributed by atoms with Crippen molar-refractivity contribution in [1.82, 2.24) is 0 Å². The molecule has 0 saturated carbocycles. The minimum atomic E-state index is -0.423. The van der Waals surface area contributed by atoms with Gasteiger partial charge in [-0.2, -0.15) is 0 Å². The number of carbonyl (C=O) groups is 2. The molecule has 0 aromatic heterocycles. The van der Waals surface area contributed by atoms with Crippen molar-refractivity contribution in [2.45, 2.75) is 32.2 Å². The topological polar surface area (TPSA) is 81.4 Å². The number of nitrogens with two attached hydrogens (primary N) is 1. The van der Waals surface area contributed by atoms with Gasteiger partial charge < -0.3 is 15.8 Å². The van der Waals surface area contributed by atoms with Crippen molar-refractivity contribution in [3.05, 3.63) is 29.8 Å². The summed E-state index contributed by atoms with van der Waals surface area (Å²) < 4.78 is 4.62. The molecule has 0 aliphatic heterocycles. The average molecular weight is 264 g/mol. The van der Waals surface area contributed by atoms with E-state index in [4.69, 9.17) is 5.73 Å². The van der Waals surface area contributed by atoms with Crippen LogP contribution in [0.2, 0.25) is 0 Å². The minimum absolute atomic E-state index is 0.0809. The largest absolute Gasteiger partial charge is 0.465 e. The van der Waals surface area contributed by atoms with Crippen molar-refractivity contribution in [1.29, 1.82) is 0 Å². The Labute approximate surface area is 113 Å². The maximum atomic E-state index is 11.7. The van der Waals surface area contributed by atoms with Gasteiger partial charge in [0, 0.05) is 18.2 Å². The van der Waals surface area contributed by atoms with Crippen LogP contribution in [-0.2, 0) is 9.53 Å². The van der Waals surface area contributed by atoms with Crippen molar-refractivity contribution in [3.63, 3.8) is 0 Å². The second-order valence-corrected chi connectivity index (χ2v) is 4.49. The first-order valence-corrected chi connectivity index (χ1v) is 6.26. The molecule has 0 aliphatic rings. The van der Waals surface area contributed by atoms with Crippen LogP contribution in [0.15, 0.2) is 24.3 Å². The van der Waals surface area contributed by atoms with E-state index in [-0.39, 0.29) is 11.9 Å². The van der Waals surface area contributed by atoms with Crippen LogP contribution >= 0.6 is 0 Å². The lowest BCUT2D eigenvalue weighted by Crippen LogP contribution is -2.17. The Balaban J connectivity index is 2.52. The molecule has 0 fully saturated rings. The standard InChI is InChI=1S/C14H20N2O3/c1-10(15)5-3-8-13(17)16-12-7-4-6-11(9-12)14(18)19-2/h4,6-7,9-10H,3,5,8,15H2,1-2H3,(H,16,17). The Morgan fingerprint density at radius 2 is 2.16 bits per heavy atom. The molecule has 1 aromatic carbocycles. The Kier molecular flexibility index (Phi) is 6.02. The maximum absolute atomic E-state index is 11.7. The zero-order chi connectivity index (χ0) is 14.3. The van der Waals surface area contributed by atoms with Gasteiger partial charge in [0.25, 0.3) is 0 Å². The van der Waals surface area contributed by atoms with Gasteiger partial charge in [0.1, 0.15) is 0 Å². The number of hydrogen-bond donors (Lipinski definition) is 2. The number of ether oxygens (including phenoxy) is 1. The van der Waals surface area contributed by atoms with E-state index in [2.05, 4.69) is 10.1 Å². The van der Waals surface area contributed by atoms with Crippen LogP contribution in [0.25, 0.3) is 0 Å². The third-order valence-electron chi connectivity index (χ3n) is 2.63. The van der Waals surface area contributed by atoms with Crippen molar-refractivity contribution < 1.29 is 14.3 Å². The number of methoxy groups -OCH3 is 1. The van der Waals surface area contributed by atoms with Crippen LogP contribution in [0.3, 0.4) is 0 Å². The summed E-state index contributed by atoms with van der Waals surface area (Å²) in [5, 5.41) is 2.75. The number of nitrogens with one attached hydrogen (secondary N) is 1. The molecule has 0 spiro atoms. The number of anilines is 1. The summed E-state index contributed by atoms with van der Waals surface area (Å²) in [6.45, 7) is 1.91. The van der Waals surface area contributed by atoms with E-state index >= 15 is 0 Å². The highest BCUT2D eigenvalue weighted by Gasteiger charge is 2.07. The van der Waals surface area contributed by atoms with Crippen molar-refractivity contribution >= 4 is 17.6 Å². The molecule has 3 N–H and O–H groups in total. The van der Waals surface area contributed by atoms with Crippen LogP contribution in [-0.4, -0.2) is 25.0 Å². The van der Waals surface area contributed by atoms with Gasteiger partial charge in [0.2, 0.25) is 5.91 Å². The fraction of sp³-hybridized carbons (Fsp3) is 0.429. The highest BCUT2D eigenvalue weighted by molar-refractivity contribution is 5.94. The van der Waals surface area contributed by atoms with E-state index in [1.54, 1.807) is 24.3 Å². The Morgan fingerprint density at radius 3 is 2.79 bits per heavy atom. The quantitative estimate of drug-likeness (QED) is 0.769. The molecule has 1 atom stereocenters. The SMILES string of the molecule is COC(=O)c1cccc(NC(=O)CCCC(C)N)c1. The summed E-state index contributed by atoms with van der Waals surface area (Å²) in [4.78, 5) is 23.0. The monoisotopic (exact) mass is 264 g/mol. The predicted molar refractivity (Wildman–Crippen MR) is 73.9 cm³/mol. The second kappa shape index (κ2) is 7.53. The molecule has 0 heterocycles. The molecule has 0 saturated heterocycles. The van der Waals surface area contributed by atoms with Gasteiger partial charge in [-0.3, -0.25) is 4.79 Å². The second-order valence-electron chi connectivity index (χ2n) is 4.49. The molecule has 1 amide bonds. The Hall–Kier alpha value is -1.88. The molecule has 5 nitrogen and oxygen atoms in total. The third kappa shape index (κ3) is 5.52. The molecule has 19 heavy (non-hydrogen) atoms. The summed E-state index contributed by atoms with van der Waals surface area (Å²) >= 11 is 0. The van der Waals surface area contributed by atoms with Gasteiger partial charge in [-0.05, 0) is 38.0 Å². The number of esters is 1. The molecular weight excluding hydrogens is 244 g/mol. The van der Waals surface area contributed by atoms with Crippen LogP contribution in [0.1, 0.15) is 36.5 Å². The minimum Gasteiger partial charge on any atom is -0.465 e. The summed E-state index contributed by atoms with van der Waals surface area (Å²) in [5.41, 5.74) is 6.62. The first-order chi connectivity index (χ1) is 9.02. The Morgan fingerprint density at radius 1 is 1.42 bits per heavy atom. The maximum Gasteiger partial charge on any atom is 0.337 e. The fourth-order valence-corrected chi connectivity index (χ4v) is 1.65. The molecule has 0 bridgehead atoms. The number of rotatable bonds is 6. The van der Waals surface area contributed by atoms with Gasteiger partial charge >= 0.3 is 5.97 Å². The van der Waals surface area contributed by atoms with E-state index in [1.807, 2.05) is 6.92 Å². The lowest BCUT2D eigenvalue weighted by Gasteiger charge is -2.07. The third-order valence-corrected chi connectivity index (χ3v) is 2.63. The summed E-state index contributed by atoms with van der Waals surface area (Å²) in [6, 6.07) is 6.77. The van der Waals surface area contributed by atoms with Gasteiger partial charge in [0.15, 0.2) is 0 Å². The first kappa shape index (κ1) is 15.2. The van der Waals surface area contributed by atoms with Crippen molar-refractivity contribution in [2.24, 2.45) is 5.73 Å². The molecule has 1 unspecified atom stereocenters. The summed E-state index contributed by atoms with van der Waals surface area (Å²) in [5.74, 6) is -0.504. The molecule has 0 radical (unpaired) electrons. The van der Waals surface area contributed by atoms with Gasteiger partial charge in [0.05, 0.1) is 12.7 Å². The van der Waals surface area contributed by atoms with Crippen LogP contribution in [0, 0.1) is 0 Å². The lowest BCUT2D eigenvalue weighted by molar-refractivity contribution is -0.116. The van der Waals surface area contributed by atoms with E-state index in [0.717, 1.165) is 12.8 Å². The van der Waals surface area contributed by atoms with Crippen LogP contribution < -0.4 is 11.1 Å². The molecule has 104 valence electrons. The van der Waals surface area contributed by atoms with Crippen LogP contribution in [0.4, 0.5) is 5.69 Å². The van der Waals surface area contributed by atoms with Crippen molar-refractivity contribution in [3.8, 4) is 0 Å². The highest BCUT2D eigenvalue weighted by Crippen LogP contribution is 2.12. The van der Waals surface area contributed by atoms with E-state index in [9.17, 15) is 9.59 Å². The molecular formula is C14H20N2O3. The molecule has 5 heteroatoms.